The third-order valence-corrected chi connectivity index (χ3v) is 1.83. The van der Waals surface area contributed by atoms with Crippen LogP contribution in [0.5, 0.6) is 0 Å². The van der Waals surface area contributed by atoms with E-state index in [9.17, 15) is 9.59 Å². The van der Waals surface area contributed by atoms with E-state index in [4.69, 9.17) is 15.3 Å². The highest BCUT2D eigenvalue weighted by molar-refractivity contribution is 5.93. The highest BCUT2D eigenvalue weighted by atomic mass is 16.9. The number of aryl methyl sites for hydroxylation is 1. The summed E-state index contributed by atoms with van der Waals surface area (Å²) in [5.41, 5.74) is 1.70. The molecule has 0 aliphatic rings. The van der Waals surface area contributed by atoms with Crippen LogP contribution < -0.4 is 5.32 Å². The molecule has 0 aliphatic carbocycles. The maximum atomic E-state index is 11.3. The first-order chi connectivity index (χ1) is 8.82. The highest BCUT2D eigenvalue weighted by Crippen LogP contribution is 2.12. The number of anilines is 1. The molecule has 0 unspecified atom stereocenters. The van der Waals surface area contributed by atoms with Crippen molar-refractivity contribution in [1.29, 1.82) is 0 Å². The number of ether oxygens (including phenoxy) is 1. The van der Waals surface area contributed by atoms with E-state index >= 15 is 0 Å². The van der Waals surface area contributed by atoms with Gasteiger partial charge in [-0.3, -0.25) is 9.59 Å². The SMILES string of the molecule is CC(=O)OCC(=O)Nc1ccccc1C.O=[N+]([O-])O. The highest BCUT2D eigenvalue weighted by Gasteiger charge is 2.05. The molecular formula is C11H14N2O6. The minimum atomic E-state index is -1.50. The van der Waals surface area contributed by atoms with Gasteiger partial charge in [0.25, 0.3) is 11.0 Å². The van der Waals surface area contributed by atoms with Gasteiger partial charge in [0.15, 0.2) is 6.61 Å². The Kier molecular flexibility index (Phi) is 7.28. The fraction of sp³-hybridized carbons (Fsp3) is 0.273. The zero-order valence-corrected chi connectivity index (χ0v) is 10.5. The number of nitrogens with one attached hydrogen (secondary N) is 1. The van der Waals surface area contributed by atoms with E-state index in [1.54, 1.807) is 6.07 Å². The van der Waals surface area contributed by atoms with Crippen molar-refractivity contribution in [2.75, 3.05) is 11.9 Å². The first-order valence-electron chi connectivity index (χ1n) is 5.15. The number of carbonyl (C=O) groups is 2. The summed E-state index contributed by atoms with van der Waals surface area (Å²) in [6.45, 7) is 2.91. The van der Waals surface area contributed by atoms with Crippen LogP contribution in [0.15, 0.2) is 24.3 Å². The second-order valence-corrected chi connectivity index (χ2v) is 3.38. The Hall–Kier alpha value is -2.64. The lowest BCUT2D eigenvalue weighted by atomic mass is 10.2. The third kappa shape index (κ3) is 9.10. The van der Waals surface area contributed by atoms with Crippen molar-refractivity contribution in [2.45, 2.75) is 13.8 Å². The molecule has 1 amide bonds. The Morgan fingerprint density at radius 3 is 2.42 bits per heavy atom. The van der Waals surface area contributed by atoms with Gasteiger partial charge in [0, 0.05) is 12.6 Å². The van der Waals surface area contributed by atoms with Crippen LogP contribution in [0.4, 0.5) is 5.69 Å². The predicted octanol–water partition coefficient (Wildman–Crippen LogP) is 1.15. The van der Waals surface area contributed by atoms with Crippen LogP contribution in [-0.2, 0) is 14.3 Å². The Morgan fingerprint density at radius 1 is 1.42 bits per heavy atom. The van der Waals surface area contributed by atoms with Crippen LogP contribution >= 0.6 is 0 Å². The number of esters is 1. The van der Waals surface area contributed by atoms with E-state index in [-0.39, 0.29) is 12.5 Å². The summed E-state index contributed by atoms with van der Waals surface area (Å²) in [7, 11) is 0. The van der Waals surface area contributed by atoms with Crippen LogP contribution in [0.1, 0.15) is 12.5 Å². The monoisotopic (exact) mass is 270 g/mol. The van der Waals surface area contributed by atoms with Gasteiger partial charge in [0.1, 0.15) is 0 Å². The molecule has 1 rings (SSSR count). The molecule has 0 heterocycles. The van der Waals surface area contributed by atoms with Crippen molar-refractivity contribution in [3.05, 3.63) is 39.9 Å². The lowest BCUT2D eigenvalue weighted by molar-refractivity contribution is -0.742. The molecule has 0 aliphatic heterocycles. The maximum absolute atomic E-state index is 11.3. The number of hydrogen-bond donors (Lipinski definition) is 2. The first kappa shape index (κ1) is 16.4. The van der Waals surface area contributed by atoms with Crippen molar-refractivity contribution in [2.24, 2.45) is 0 Å². The number of amides is 1. The molecule has 0 bridgehead atoms. The van der Waals surface area contributed by atoms with Crippen LogP contribution in [0.25, 0.3) is 0 Å². The lowest BCUT2D eigenvalue weighted by Crippen LogP contribution is -2.20. The van der Waals surface area contributed by atoms with E-state index in [1.807, 2.05) is 25.1 Å². The number of carbonyl (C=O) groups excluding carboxylic acids is 2. The van der Waals surface area contributed by atoms with Gasteiger partial charge in [-0.15, -0.1) is 10.1 Å². The van der Waals surface area contributed by atoms with Gasteiger partial charge in [-0.25, -0.2) is 0 Å². The molecular weight excluding hydrogens is 256 g/mol. The van der Waals surface area contributed by atoms with Crippen LogP contribution in [0.2, 0.25) is 0 Å². The normalized spacial score (nSPS) is 8.74. The van der Waals surface area contributed by atoms with Crippen molar-refractivity contribution >= 4 is 17.6 Å². The molecule has 104 valence electrons. The van der Waals surface area contributed by atoms with E-state index in [0.29, 0.717) is 0 Å². The molecule has 8 nitrogen and oxygen atoms in total. The summed E-state index contributed by atoms with van der Waals surface area (Å²) in [6, 6.07) is 7.40. The van der Waals surface area contributed by atoms with Crippen molar-refractivity contribution in [3.63, 3.8) is 0 Å². The van der Waals surface area contributed by atoms with E-state index < -0.39 is 11.1 Å². The molecule has 8 heteroatoms. The average Bonchev–Trinajstić information content (AvgIpc) is 2.29. The van der Waals surface area contributed by atoms with Gasteiger partial charge < -0.3 is 15.3 Å². The smallest absolute Gasteiger partial charge is 0.303 e. The minimum absolute atomic E-state index is 0.246. The number of hydrogen-bond acceptors (Lipinski definition) is 5. The summed E-state index contributed by atoms with van der Waals surface area (Å²) in [5.74, 6) is -0.797. The molecule has 0 aromatic heterocycles. The lowest BCUT2D eigenvalue weighted by Gasteiger charge is -2.07. The predicted molar refractivity (Wildman–Crippen MR) is 65.2 cm³/mol. The molecule has 0 radical (unpaired) electrons. The zero-order chi connectivity index (χ0) is 14.8. The van der Waals surface area contributed by atoms with Gasteiger partial charge in [0.2, 0.25) is 0 Å². The van der Waals surface area contributed by atoms with Crippen LogP contribution in [0.3, 0.4) is 0 Å². The summed E-state index contributed by atoms with van der Waals surface area (Å²) in [5, 5.41) is 16.3. The average molecular weight is 270 g/mol. The van der Waals surface area contributed by atoms with E-state index in [1.165, 1.54) is 6.92 Å². The number of benzene rings is 1. The molecule has 0 spiro atoms. The largest absolute Gasteiger partial charge is 0.456 e. The molecule has 0 saturated heterocycles. The number of para-hydroxylation sites is 1. The number of rotatable bonds is 3. The standard InChI is InChI=1S/C11H13NO3.HNO3/c1-8-5-3-4-6-10(8)12-11(14)7-15-9(2)13;2-1(3)4/h3-6H,7H2,1-2H3,(H,12,14);(H,2,3,4). The molecule has 2 N–H and O–H groups in total. The van der Waals surface area contributed by atoms with Crippen LogP contribution in [-0.4, -0.2) is 28.8 Å². The summed E-state index contributed by atoms with van der Waals surface area (Å²) in [4.78, 5) is 30.1. The molecule has 1 aromatic carbocycles. The molecule has 0 saturated carbocycles. The minimum Gasteiger partial charge on any atom is -0.456 e. The quantitative estimate of drug-likeness (QED) is 0.483. The molecule has 19 heavy (non-hydrogen) atoms. The zero-order valence-electron chi connectivity index (χ0n) is 10.5. The summed E-state index contributed by atoms with van der Waals surface area (Å²) >= 11 is 0. The number of nitrogens with zero attached hydrogens (tertiary/aromatic N) is 1. The fourth-order valence-corrected chi connectivity index (χ4v) is 1.07. The second-order valence-electron chi connectivity index (χ2n) is 3.38. The summed E-state index contributed by atoms with van der Waals surface area (Å²) < 4.78 is 4.56. The third-order valence-electron chi connectivity index (χ3n) is 1.83. The van der Waals surface area contributed by atoms with Crippen LogP contribution in [0, 0.1) is 17.0 Å². The Bertz CT molecular complexity index is 456. The van der Waals surface area contributed by atoms with E-state index in [0.717, 1.165) is 11.3 Å². The Labute approximate surface area is 109 Å². The van der Waals surface area contributed by atoms with Gasteiger partial charge in [-0.1, -0.05) is 18.2 Å². The molecule has 0 fully saturated rings. The second kappa shape index (κ2) is 8.45. The molecule has 0 atom stereocenters. The molecule has 1 aromatic rings. The fourth-order valence-electron chi connectivity index (χ4n) is 1.07. The first-order valence-corrected chi connectivity index (χ1v) is 5.15. The van der Waals surface area contributed by atoms with Crippen molar-refractivity contribution in [3.8, 4) is 0 Å². The van der Waals surface area contributed by atoms with Gasteiger partial charge in [-0.05, 0) is 18.6 Å². The van der Waals surface area contributed by atoms with Gasteiger partial charge in [-0.2, -0.15) is 0 Å². The van der Waals surface area contributed by atoms with Crippen molar-refractivity contribution < 1.29 is 24.6 Å². The maximum Gasteiger partial charge on any atom is 0.303 e. The van der Waals surface area contributed by atoms with Gasteiger partial charge >= 0.3 is 5.97 Å². The Morgan fingerprint density at radius 2 is 1.95 bits per heavy atom. The Balaban J connectivity index is 0.000000711. The van der Waals surface area contributed by atoms with Gasteiger partial charge in [0.05, 0.1) is 0 Å². The topological polar surface area (TPSA) is 119 Å². The van der Waals surface area contributed by atoms with E-state index in [2.05, 4.69) is 10.1 Å². The van der Waals surface area contributed by atoms with Crippen molar-refractivity contribution in [1.82, 2.24) is 0 Å². The summed E-state index contributed by atoms with van der Waals surface area (Å²) in [6.07, 6.45) is 0.